The number of tetrazole rings is 1. The summed E-state index contributed by atoms with van der Waals surface area (Å²) in [6.07, 6.45) is 0.944. The summed E-state index contributed by atoms with van der Waals surface area (Å²) in [7, 11) is 0. The maximum atomic E-state index is 13.1. The predicted molar refractivity (Wildman–Crippen MR) is 111 cm³/mol. The van der Waals surface area contributed by atoms with Crippen LogP contribution in [0.1, 0.15) is 31.4 Å². The van der Waals surface area contributed by atoms with Gasteiger partial charge in [0.15, 0.2) is 11.5 Å². The molecule has 3 aromatic rings. The standard InChI is InChI=1S/C20H23BrFN5O2/c1-3-9-27-20(24-25-26-27)23-12-15-10-17(21)19(18(11-15)28-4-2)29-13-14-5-7-16(22)8-6-14/h5-8,10-11H,3-4,9,12-13H2,1-2H3,(H,23,24,26). The lowest BCUT2D eigenvalue weighted by Crippen LogP contribution is -2.09. The Morgan fingerprint density at radius 3 is 2.62 bits per heavy atom. The molecule has 0 saturated carbocycles. The fourth-order valence-corrected chi connectivity index (χ4v) is 3.34. The molecular weight excluding hydrogens is 441 g/mol. The number of rotatable bonds is 10. The van der Waals surface area contributed by atoms with Crippen molar-refractivity contribution in [3.05, 3.63) is 57.8 Å². The fraction of sp³-hybridized carbons (Fsp3) is 0.350. The van der Waals surface area contributed by atoms with Crippen molar-refractivity contribution in [2.45, 2.75) is 40.0 Å². The number of anilines is 1. The monoisotopic (exact) mass is 463 g/mol. The van der Waals surface area contributed by atoms with Crippen molar-refractivity contribution in [1.82, 2.24) is 20.2 Å². The first-order valence-electron chi connectivity index (χ1n) is 9.43. The molecule has 0 atom stereocenters. The van der Waals surface area contributed by atoms with E-state index in [1.54, 1.807) is 16.8 Å². The second kappa shape index (κ2) is 10.2. The van der Waals surface area contributed by atoms with E-state index in [9.17, 15) is 4.39 Å². The van der Waals surface area contributed by atoms with Crippen LogP contribution in [0.3, 0.4) is 0 Å². The number of aryl methyl sites for hydroxylation is 1. The van der Waals surface area contributed by atoms with E-state index in [1.807, 2.05) is 19.1 Å². The van der Waals surface area contributed by atoms with Crippen LogP contribution in [0.15, 0.2) is 40.9 Å². The van der Waals surface area contributed by atoms with Gasteiger partial charge in [-0.1, -0.05) is 24.2 Å². The number of nitrogens with one attached hydrogen (secondary N) is 1. The van der Waals surface area contributed by atoms with Crippen molar-refractivity contribution < 1.29 is 13.9 Å². The molecule has 2 aromatic carbocycles. The number of ether oxygens (including phenoxy) is 2. The molecule has 1 aromatic heterocycles. The molecule has 1 heterocycles. The quantitative estimate of drug-likeness (QED) is 0.474. The summed E-state index contributed by atoms with van der Waals surface area (Å²) in [6.45, 7) is 6.08. The Morgan fingerprint density at radius 2 is 1.90 bits per heavy atom. The van der Waals surface area contributed by atoms with E-state index in [0.717, 1.165) is 28.6 Å². The van der Waals surface area contributed by atoms with Gasteiger partial charge in [0.25, 0.3) is 0 Å². The Balaban J connectivity index is 1.73. The molecule has 0 fully saturated rings. The van der Waals surface area contributed by atoms with E-state index in [0.29, 0.717) is 37.2 Å². The van der Waals surface area contributed by atoms with Crippen molar-refractivity contribution in [1.29, 1.82) is 0 Å². The van der Waals surface area contributed by atoms with Gasteiger partial charge in [-0.2, -0.15) is 0 Å². The first-order valence-corrected chi connectivity index (χ1v) is 10.2. The van der Waals surface area contributed by atoms with Crippen LogP contribution in [0.2, 0.25) is 0 Å². The molecule has 29 heavy (non-hydrogen) atoms. The van der Waals surface area contributed by atoms with Gasteiger partial charge >= 0.3 is 0 Å². The summed E-state index contributed by atoms with van der Waals surface area (Å²) in [6, 6.07) is 10.1. The Labute approximate surface area is 177 Å². The number of halogens is 2. The summed E-state index contributed by atoms with van der Waals surface area (Å²) in [5, 5.41) is 14.9. The van der Waals surface area contributed by atoms with Gasteiger partial charge in [-0.3, -0.25) is 0 Å². The lowest BCUT2D eigenvalue weighted by Gasteiger charge is -2.16. The Morgan fingerprint density at radius 1 is 1.10 bits per heavy atom. The van der Waals surface area contributed by atoms with Crippen LogP contribution in [-0.2, 0) is 19.7 Å². The summed E-state index contributed by atoms with van der Waals surface area (Å²) >= 11 is 3.57. The third kappa shape index (κ3) is 5.66. The third-order valence-electron chi connectivity index (χ3n) is 4.08. The van der Waals surface area contributed by atoms with Crippen molar-refractivity contribution in [3.63, 3.8) is 0 Å². The minimum absolute atomic E-state index is 0.272. The van der Waals surface area contributed by atoms with Crippen LogP contribution < -0.4 is 14.8 Å². The van der Waals surface area contributed by atoms with E-state index in [1.165, 1.54) is 12.1 Å². The summed E-state index contributed by atoms with van der Waals surface area (Å²) < 4.78 is 27.3. The smallest absolute Gasteiger partial charge is 0.243 e. The van der Waals surface area contributed by atoms with E-state index in [-0.39, 0.29) is 5.82 Å². The second-order valence-electron chi connectivity index (χ2n) is 6.33. The molecule has 1 N–H and O–H groups in total. The average molecular weight is 464 g/mol. The van der Waals surface area contributed by atoms with Gasteiger partial charge in [-0.15, -0.1) is 0 Å². The van der Waals surface area contributed by atoms with Crippen LogP contribution in [0.4, 0.5) is 10.3 Å². The largest absolute Gasteiger partial charge is 0.490 e. The molecular formula is C20H23BrFN5O2. The lowest BCUT2D eigenvalue weighted by molar-refractivity contribution is 0.267. The number of hydrogen-bond donors (Lipinski definition) is 1. The van der Waals surface area contributed by atoms with Crippen molar-refractivity contribution >= 4 is 21.9 Å². The third-order valence-corrected chi connectivity index (χ3v) is 4.67. The molecule has 0 spiro atoms. The molecule has 0 radical (unpaired) electrons. The van der Waals surface area contributed by atoms with Crippen LogP contribution >= 0.6 is 15.9 Å². The number of benzene rings is 2. The van der Waals surface area contributed by atoms with E-state index < -0.39 is 0 Å². The maximum Gasteiger partial charge on any atom is 0.243 e. The van der Waals surface area contributed by atoms with Crippen molar-refractivity contribution in [3.8, 4) is 11.5 Å². The molecule has 3 rings (SSSR count). The van der Waals surface area contributed by atoms with Gasteiger partial charge < -0.3 is 14.8 Å². The van der Waals surface area contributed by atoms with Gasteiger partial charge in [0, 0.05) is 13.1 Å². The first kappa shape index (κ1) is 21.0. The summed E-state index contributed by atoms with van der Waals surface area (Å²) in [5.74, 6) is 1.59. The van der Waals surface area contributed by atoms with Crippen LogP contribution in [-0.4, -0.2) is 26.8 Å². The molecule has 0 saturated heterocycles. The zero-order valence-electron chi connectivity index (χ0n) is 16.4. The van der Waals surface area contributed by atoms with E-state index in [4.69, 9.17) is 9.47 Å². The van der Waals surface area contributed by atoms with Crippen molar-refractivity contribution in [2.75, 3.05) is 11.9 Å². The van der Waals surface area contributed by atoms with E-state index >= 15 is 0 Å². The molecule has 0 bridgehead atoms. The van der Waals surface area contributed by atoms with Gasteiger partial charge in [0.05, 0.1) is 11.1 Å². The zero-order valence-corrected chi connectivity index (χ0v) is 17.9. The van der Waals surface area contributed by atoms with Crippen LogP contribution in [0.25, 0.3) is 0 Å². The zero-order chi connectivity index (χ0) is 20.6. The molecule has 0 aliphatic heterocycles. The molecule has 0 unspecified atom stereocenters. The molecule has 0 aliphatic carbocycles. The highest BCUT2D eigenvalue weighted by atomic mass is 79.9. The summed E-state index contributed by atoms with van der Waals surface area (Å²) in [5.41, 5.74) is 1.86. The number of aromatic nitrogens is 4. The minimum atomic E-state index is -0.272. The SMILES string of the molecule is CCCn1nnnc1NCc1cc(Br)c(OCc2ccc(F)cc2)c(OCC)c1. The molecule has 154 valence electrons. The number of nitrogens with zero attached hydrogens (tertiary/aromatic N) is 4. The highest BCUT2D eigenvalue weighted by molar-refractivity contribution is 9.10. The molecule has 0 amide bonds. The van der Waals surface area contributed by atoms with Crippen LogP contribution in [0.5, 0.6) is 11.5 Å². The van der Waals surface area contributed by atoms with Crippen molar-refractivity contribution in [2.24, 2.45) is 0 Å². The fourth-order valence-electron chi connectivity index (χ4n) is 2.74. The first-order chi connectivity index (χ1) is 14.1. The highest BCUT2D eigenvalue weighted by Gasteiger charge is 2.14. The van der Waals surface area contributed by atoms with Gasteiger partial charge in [0.1, 0.15) is 12.4 Å². The predicted octanol–water partition coefficient (Wildman–Crippen LogP) is 4.57. The van der Waals surface area contributed by atoms with Crippen LogP contribution in [0, 0.1) is 5.82 Å². The Hall–Kier alpha value is -2.68. The average Bonchev–Trinajstić information content (AvgIpc) is 3.15. The molecule has 0 aliphatic rings. The van der Waals surface area contributed by atoms with Gasteiger partial charge in [-0.05, 0) is 75.1 Å². The van der Waals surface area contributed by atoms with Gasteiger partial charge in [0.2, 0.25) is 5.95 Å². The normalized spacial score (nSPS) is 10.8. The minimum Gasteiger partial charge on any atom is -0.490 e. The maximum absolute atomic E-state index is 13.1. The lowest BCUT2D eigenvalue weighted by atomic mass is 10.2. The highest BCUT2D eigenvalue weighted by Crippen LogP contribution is 2.37. The number of hydrogen-bond acceptors (Lipinski definition) is 6. The molecule has 7 nitrogen and oxygen atoms in total. The second-order valence-corrected chi connectivity index (χ2v) is 7.19. The topological polar surface area (TPSA) is 74.1 Å². The Bertz CT molecular complexity index is 933. The molecule has 9 heteroatoms. The van der Waals surface area contributed by atoms with Gasteiger partial charge in [-0.25, -0.2) is 9.07 Å². The Kier molecular flexibility index (Phi) is 7.40. The summed E-state index contributed by atoms with van der Waals surface area (Å²) in [4.78, 5) is 0. The van der Waals surface area contributed by atoms with E-state index in [2.05, 4.69) is 43.7 Å².